The molecule has 41 heavy (non-hydrogen) atoms. The molecule has 0 radical (unpaired) electrons. The summed E-state index contributed by atoms with van der Waals surface area (Å²) in [5.74, 6) is -1.07. The van der Waals surface area contributed by atoms with Crippen molar-refractivity contribution in [2.24, 2.45) is 0 Å². The van der Waals surface area contributed by atoms with Crippen molar-refractivity contribution in [3.05, 3.63) is 60.3 Å². The molecule has 2 aromatic carbocycles. The Bertz CT molecular complexity index is 1460. The maximum absolute atomic E-state index is 13.3. The van der Waals surface area contributed by atoms with Gasteiger partial charge in [0, 0.05) is 50.9 Å². The third kappa shape index (κ3) is 9.13. The summed E-state index contributed by atoms with van der Waals surface area (Å²) >= 11 is 0. The molecule has 0 bridgehead atoms. The van der Waals surface area contributed by atoms with Crippen molar-refractivity contribution in [3.63, 3.8) is 0 Å². The van der Waals surface area contributed by atoms with Gasteiger partial charge in [0.25, 0.3) is 0 Å². The lowest BCUT2D eigenvalue weighted by Gasteiger charge is -2.24. The van der Waals surface area contributed by atoms with Gasteiger partial charge >= 0.3 is 5.97 Å². The van der Waals surface area contributed by atoms with Crippen molar-refractivity contribution in [2.75, 3.05) is 39.4 Å². The maximum atomic E-state index is 13.3. The predicted molar refractivity (Wildman–Crippen MR) is 156 cm³/mol. The summed E-state index contributed by atoms with van der Waals surface area (Å²) in [7, 11) is 0.967. The number of fused-ring (bicyclic) bond motifs is 1. The minimum absolute atomic E-state index is 0.0913. The molecule has 1 atom stereocenters. The van der Waals surface area contributed by atoms with Crippen LogP contribution in [-0.2, 0) is 35.5 Å². The van der Waals surface area contributed by atoms with E-state index in [1.807, 2.05) is 49.3 Å². The first-order valence-corrected chi connectivity index (χ1v) is 14.6. The Morgan fingerprint density at radius 3 is 2.51 bits per heavy atom. The molecule has 3 rings (SSSR count). The van der Waals surface area contributed by atoms with Crippen molar-refractivity contribution in [1.29, 1.82) is 0 Å². The molecule has 0 saturated carbocycles. The molecule has 1 aromatic heterocycles. The smallest absolute Gasteiger partial charge is 0.336 e. The molecule has 0 saturated heterocycles. The average Bonchev–Trinajstić information content (AvgIpc) is 2.91. The van der Waals surface area contributed by atoms with Gasteiger partial charge in [0.15, 0.2) is 6.10 Å². The molecule has 0 unspecified atom stereocenters. The van der Waals surface area contributed by atoms with Gasteiger partial charge in [0.1, 0.15) is 23.0 Å². The fraction of sp³-hybridized carbons (Fsp3) is 0.414. The highest BCUT2D eigenvalue weighted by Gasteiger charge is 2.29. The second kappa shape index (κ2) is 13.7. The monoisotopic (exact) mass is 586 g/mol. The first-order valence-electron chi connectivity index (χ1n) is 13.1. The normalized spacial score (nSPS) is 12.5. The zero-order valence-electron chi connectivity index (χ0n) is 24.3. The average molecular weight is 587 g/mol. The van der Waals surface area contributed by atoms with Gasteiger partial charge < -0.3 is 24.4 Å². The summed E-state index contributed by atoms with van der Waals surface area (Å²) in [6.45, 7) is 4.69. The molecular formula is C29H38N4O7S. The van der Waals surface area contributed by atoms with Crippen molar-refractivity contribution < 1.29 is 32.2 Å². The van der Waals surface area contributed by atoms with Crippen molar-refractivity contribution in [1.82, 2.24) is 15.0 Å². The zero-order valence-corrected chi connectivity index (χ0v) is 25.1. The minimum atomic E-state index is -4.13. The van der Waals surface area contributed by atoms with Crippen molar-refractivity contribution in [3.8, 4) is 5.75 Å². The summed E-state index contributed by atoms with van der Waals surface area (Å²) < 4.78 is 45.8. The number of anilines is 1. The first-order chi connectivity index (χ1) is 19.3. The van der Waals surface area contributed by atoms with E-state index in [4.69, 9.17) is 14.2 Å². The van der Waals surface area contributed by atoms with E-state index in [1.165, 1.54) is 13.1 Å². The van der Waals surface area contributed by atoms with Crippen LogP contribution in [0.3, 0.4) is 0 Å². The summed E-state index contributed by atoms with van der Waals surface area (Å²) in [5.41, 5.74) is 1.83. The van der Waals surface area contributed by atoms with E-state index in [-0.39, 0.29) is 23.7 Å². The fourth-order valence-electron chi connectivity index (χ4n) is 3.90. The van der Waals surface area contributed by atoms with E-state index >= 15 is 0 Å². The standard InChI is InChI=1S/C29H38N4O7S/c1-29(2,3)40-28(35)25(18-27(34)30-4)39-19-32-41(36,37)26-13-12-21(33(5)6)17-24(26)38-16-14-20-9-7-11-23-22(20)10-8-15-31-23/h7-13,15,17,25,32H,14,16,18-19H2,1-6H3,(H,30,34)/t25-/m0/s1. The van der Waals surface area contributed by atoms with Gasteiger partial charge in [-0.2, -0.15) is 4.72 Å². The summed E-state index contributed by atoms with van der Waals surface area (Å²) in [4.78, 5) is 30.6. The second-order valence-corrected chi connectivity index (χ2v) is 12.2. The SMILES string of the molecule is CNC(=O)C[C@H](OCNS(=O)(=O)c1ccc(N(C)C)cc1OCCc1cccc2ncccc12)C(=O)OC(C)(C)C. The van der Waals surface area contributed by atoms with Gasteiger partial charge in [-0.05, 0) is 50.6 Å². The highest BCUT2D eigenvalue weighted by atomic mass is 32.2. The Balaban J connectivity index is 1.75. The van der Waals surface area contributed by atoms with Crippen LogP contribution in [0.5, 0.6) is 5.75 Å². The van der Waals surface area contributed by atoms with Crippen LogP contribution in [0.4, 0.5) is 5.69 Å². The molecule has 1 heterocycles. The number of pyridine rings is 1. The van der Waals surface area contributed by atoms with E-state index in [9.17, 15) is 18.0 Å². The second-order valence-electron chi connectivity index (χ2n) is 10.5. The number of amides is 1. The van der Waals surface area contributed by atoms with Crippen molar-refractivity contribution in [2.45, 2.75) is 50.2 Å². The quantitative estimate of drug-likeness (QED) is 0.229. The molecule has 0 aliphatic rings. The van der Waals surface area contributed by atoms with Gasteiger partial charge in [-0.25, -0.2) is 13.2 Å². The summed E-state index contributed by atoms with van der Waals surface area (Å²) in [5, 5.41) is 3.42. The van der Waals surface area contributed by atoms with E-state index < -0.39 is 40.3 Å². The number of nitrogens with zero attached hydrogens (tertiary/aromatic N) is 2. The summed E-state index contributed by atoms with van der Waals surface area (Å²) in [6.07, 6.45) is 0.626. The molecule has 0 fully saturated rings. The number of hydrogen-bond acceptors (Lipinski definition) is 9. The molecule has 11 nitrogen and oxygen atoms in total. The highest BCUT2D eigenvalue weighted by Crippen LogP contribution is 2.29. The van der Waals surface area contributed by atoms with Crippen LogP contribution in [0.1, 0.15) is 32.8 Å². The Morgan fingerprint density at radius 2 is 1.83 bits per heavy atom. The molecular weight excluding hydrogens is 548 g/mol. The maximum Gasteiger partial charge on any atom is 0.336 e. The summed E-state index contributed by atoms with van der Waals surface area (Å²) in [6, 6.07) is 14.5. The molecule has 3 aromatic rings. The lowest BCUT2D eigenvalue weighted by Crippen LogP contribution is -2.39. The molecule has 2 N–H and O–H groups in total. The van der Waals surface area contributed by atoms with Gasteiger partial charge in [0.2, 0.25) is 15.9 Å². The van der Waals surface area contributed by atoms with Crippen molar-refractivity contribution >= 4 is 38.5 Å². The van der Waals surface area contributed by atoms with Crippen LogP contribution in [0.15, 0.2) is 59.6 Å². The number of rotatable bonds is 13. The number of hydrogen-bond donors (Lipinski definition) is 2. The Kier molecular flexibility index (Phi) is 10.7. The topological polar surface area (TPSA) is 136 Å². The molecule has 0 aliphatic heterocycles. The Labute approximate surface area is 241 Å². The van der Waals surface area contributed by atoms with E-state index in [2.05, 4.69) is 15.0 Å². The van der Waals surface area contributed by atoms with Crippen LogP contribution in [-0.4, -0.2) is 71.5 Å². The first kappa shape index (κ1) is 31.8. The van der Waals surface area contributed by atoms with Gasteiger partial charge in [-0.3, -0.25) is 9.78 Å². The third-order valence-electron chi connectivity index (χ3n) is 5.95. The number of aromatic nitrogens is 1. The van der Waals surface area contributed by atoms with Crippen LogP contribution >= 0.6 is 0 Å². The van der Waals surface area contributed by atoms with E-state index in [0.29, 0.717) is 6.42 Å². The minimum Gasteiger partial charge on any atom is -0.492 e. The lowest BCUT2D eigenvalue weighted by molar-refractivity contribution is -0.170. The third-order valence-corrected chi connectivity index (χ3v) is 7.37. The van der Waals surface area contributed by atoms with E-state index in [1.54, 1.807) is 39.1 Å². The molecule has 0 aliphatic carbocycles. The molecule has 222 valence electrons. The van der Waals surface area contributed by atoms with E-state index in [0.717, 1.165) is 22.2 Å². The number of sulfonamides is 1. The van der Waals surface area contributed by atoms with Gasteiger partial charge in [0.05, 0.1) is 18.5 Å². The van der Waals surface area contributed by atoms with Gasteiger partial charge in [-0.1, -0.05) is 18.2 Å². The Morgan fingerprint density at radius 1 is 1.07 bits per heavy atom. The molecule has 1 amide bonds. The van der Waals surface area contributed by atoms with Crippen LogP contribution < -0.4 is 19.7 Å². The number of ether oxygens (including phenoxy) is 3. The predicted octanol–water partition coefficient (Wildman–Crippen LogP) is 3.02. The number of carbonyl (C=O) groups excluding carboxylic acids is 2. The van der Waals surface area contributed by atoms with Crippen LogP contribution in [0, 0.1) is 0 Å². The lowest BCUT2D eigenvalue weighted by atomic mass is 10.1. The number of carbonyl (C=O) groups is 2. The van der Waals surface area contributed by atoms with Gasteiger partial charge in [-0.15, -0.1) is 0 Å². The number of esters is 1. The molecule has 12 heteroatoms. The molecule has 0 spiro atoms. The number of benzene rings is 2. The highest BCUT2D eigenvalue weighted by molar-refractivity contribution is 7.89. The largest absolute Gasteiger partial charge is 0.492 e. The zero-order chi connectivity index (χ0) is 30.2. The van der Waals surface area contributed by atoms with Crippen LogP contribution in [0.25, 0.3) is 10.9 Å². The van der Waals surface area contributed by atoms with Crippen LogP contribution in [0.2, 0.25) is 0 Å². The fourth-order valence-corrected chi connectivity index (χ4v) is 4.91. The number of nitrogens with one attached hydrogen (secondary N) is 2. The Hall–Kier alpha value is -3.74.